The number of hydrogen-bond acceptors (Lipinski definition) is 2. The minimum absolute atomic E-state index is 0.121. The first-order valence-electron chi connectivity index (χ1n) is 9.94. The fraction of sp³-hybridized carbons (Fsp3) is 0.583. The number of benzene rings is 1. The number of hydrogen-bond donors (Lipinski definition) is 1. The van der Waals surface area contributed by atoms with E-state index >= 15 is 0 Å². The number of aromatic hydroxyl groups is 1. The van der Waals surface area contributed by atoms with Crippen LogP contribution in [0.2, 0.25) is 0 Å². The van der Waals surface area contributed by atoms with Gasteiger partial charge in [0, 0.05) is 5.56 Å². The Hall–Kier alpha value is -1.70. The summed E-state index contributed by atoms with van der Waals surface area (Å²) in [6.45, 7) is 14.8. The van der Waals surface area contributed by atoms with Gasteiger partial charge < -0.3 is 9.84 Å². The van der Waals surface area contributed by atoms with E-state index in [-0.39, 0.29) is 5.60 Å². The van der Waals surface area contributed by atoms with E-state index in [1.54, 1.807) is 0 Å². The maximum atomic E-state index is 10.3. The molecule has 0 spiro atoms. The maximum Gasteiger partial charge on any atom is 0.127 e. The molecule has 1 N–H and O–H groups in total. The predicted octanol–water partition coefficient (Wildman–Crippen LogP) is 6.87. The van der Waals surface area contributed by atoms with E-state index in [0.29, 0.717) is 5.75 Å². The van der Waals surface area contributed by atoms with Crippen molar-refractivity contribution in [2.24, 2.45) is 0 Å². The van der Waals surface area contributed by atoms with Crippen LogP contribution in [0.3, 0.4) is 0 Å². The SMILES string of the molecule is CC(C)=CCC/C(C)=C/CC[C@@]1(C)CCc2c(C)c(O)c(C)c(C)c2O1. The lowest BCUT2D eigenvalue weighted by Crippen LogP contribution is -2.37. The Morgan fingerprint density at radius 3 is 2.38 bits per heavy atom. The van der Waals surface area contributed by atoms with Crippen LogP contribution in [0.25, 0.3) is 0 Å². The van der Waals surface area contributed by atoms with Crippen LogP contribution >= 0.6 is 0 Å². The van der Waals surface area contributed by atoms with E-state index in [1.165, 1.54) is 16.7 Å². The molecule has 0 aliphatic carbocycles. The van der Waals surface area contributed by atoms with E-state index in [0.717, 1.165) is 61.0 Å². The summed E-state index contributed by atoms with van der Waals surface area (Å²) in [6, 6.07) is 0. The van der Waals surface area contributed by atoms with E-state index < -0.39 is 0 Å². The topological polar surface area (TPSA) is 29.5 Å². The van der Waals surface area contributed by atoms with Gasteiger partial charge >= 0.3 is 0 Å². The number of rotatable bonds is 6. The standard InChI is InChI=1S/C24H36O2/c1-16(2)10-8-11-17(3)12-9-14-24(7)15-13-21-20(6)22(25)18(4)19(5)23(21)26-24/h10,12,25H,8-9,11,13-15H2,1-7H3/b17-12+/t24-/m0/s1. The van der Waals surface area contributed by atoms with Crippen LogP contribution in [0.15, 0.2) is 23.3 Å². The Labute approximate surface area is 160 Å². The monoisotopic (exact) mass is 356 g/mol. The lowest BCUT2D eigenvalue weighted by Gasteiger charge is -2.38. The summed E-state index contributed by atoms with van der Waals surface area (Å²) in [7, 11) is 0. The van der Waals surface area contributed by atoms with Crippen molar-refractivity contribution in [2.45, 2.75) is 92.6 Å². The molecule has 1 aliphatic rings. The van der Waals surface area contributed by atoms with Gasteiger partial charge in [0.15, 0.2) is 0 Å². The first kappa shape index (κ1) is 20.6. The number of phenols is 1. The minimum atomic E-state index is -0.121. The maximum absolute atomic E-state index is 10.3. The summed E-state index contributed by atoms with van der Waals surface area (Å²) in [5.41, 5.74) is 6.95. The van der Waals surface area contributed by atoms with Crippen LogP contribution in [0.4, 0.5) is 0 Å². The normalized spacial score (nSPS) is 19.7. The Kier molecular flexibility index (Phi) is 6.60. The van der Waals surface area contributed by atoms with E-state index in [4.69, 9.17) is 4.74 Å². The quantitative estimate of drug-likeness (QED) is 0.563. The van der Waals surface area contributed by atoms with Gasteiger partial charge in [-0.3, -0.25) is 0 Å². The van der Waals surface area contributed by atoms with Gasteiger partial charge in [0.05, 0.1) is 0 Å². The molecule has 0 unspecified atom stereocenters. The molecule has 2 heteroatoms. The van der Waals surface area contributed by atoms with Crippen LogP contribution in [0.5, 0.6) is 11.5 Å². The lowest BCUT2D eigenvalue weighted by atomic mass is 9.85. The number of phenolic OH excluding ortho intramolecular Hbond substituents is 1. The number of ether oxygens (including phenoxy) is 1. The van der Waals surface area contributed by atoms with Gasteiger partial charge in [-0.25, -0.2) is 0 Å². The summed E-state index contributed by atoms with van der Waals surface area (Å²) < 4.78 is 6.51. The molecule has 1 aliphatic heterocycles. The number of allylic oxidation sites excluding steroid dienone is 4. The molecule has 0 fully saturated rings. The fourth-order valence-electron chi connectivity index (χ4n) is 3.79. The van der Waals surface area contributed by atoms with Crippen LogP contribution in [-0.2, 0) is 6.42 Å². The highest BCUT2D eigenvalue weighted by molar-refractivity contribution is 5.58. The van der Waals surface area contributed by atoms with Crippen molar-refractivity contribution in [3.63, 3.8) is 0 Å². The highest BCUT2D eigenvalue weighted by Gasteiger charge is 2.33. The van der Waals surface area contributed by atoms with Gasteiger partial charge in [-0.05, 0) is 104 Å². The molecule has 0 saturated carbocycles. The average molecular weight is 357 g/mol. The molecule has 1 atom stereocenters. The molecule has 1 aromatic carbocycles. The Balaban J connectivity index is 2.04. The van der Waals surface area contributed by atoms with Gasteiger partial charge in [0.25, 0.3) is 0 Å². The summed E-state index contributed by atoms with van der Waals surface area (Å²) in [4.78, 5) is 0. The van der Waals surface area contributed by atoms with E-state index in [9.17, 15) is 5.11 Å². The summed E-state index contributed by atoms with van der Waals surface area (Å²) in [6.07, 6.45) is 11.0. The second kappa shape index (κ2) is 8.33. The van der Waals surface area contributed by atoms with Crippen molar-refractivity contribution in [1.82, 2.24) is 0 Å². The first-order chi connectivity index (χ1) is 12.1. The third-order valence-corrected chi connectivity index (χ3v) is 5.85. The zero-order chi connectivity index (χ0) is 19.5. The van der Waals surface area contributed by atoms with Crippen LogP contribution in [0, 0.1) is 20.8 Å². The van der Waals surface area contributed by atoms with Gasteiger partial charge in [0.2, 0.25) is 0 Å². The number of fused-ring (bicyclic) bond motifs is 1. The third-order valence-electron chi connectivity index (χ3n) is 5.85. The van der Waals surface area contributed by atoms with E-state index in [2.05, 4.69) is 46.8 Å². The molecule has 1 aromatic rings. The highest BCUT2D eigenvalue weighted by atomic mass is 16.5. The van der Waals surface area contributed by atoms with Crippen molar-refractivity contribution >= 4 is 0 Å². The Morgan fingerprint density at radius 1 is 1.04 bits per heavy atom. The van der Waals surface area contributed by atoms with Crippen molar-refractivity contribution in [3.05, 3.63) is 45.6 Å². The van der Waals surface area contributed by atoms with Crippen molar-refractivity contribution in [1.29, 1.82) is 0 Å². The average Bonchev–Trinajstić information content (AvgIpc) is 2.57. The molecule has 0 aromatic heterocycles. The molecule has 0 radical (unpaired) electrons. The predicted molar refractivity (Wildman–Crippen MR) is 111 cm³/mol. The van der Waals surface area contributed by atoms with Crippen molar-refractivity contribution in [2.75, 3.05) is 0 Å². The molecule has 1 heterocycles. The van der Waals surface area contributed by atoms with Crippen LogP contribution in [0.1, 0.15) is 82.1 Å². The molecular formula is C24H36O2. The van der Waals surface area contributed by atoms with Gasteiger partial charge in [-0.15, -0.1) is 0 Å². The van der Waals surface area contributed by atoms with Crippen molar-refractivity contribution in [3.8, 4) is 11.5 Å². The Bertz CT molecular complexity index is 720. The van der Waals surface area contributed by atoms with Gasteiger partial charge in [-0.1, -0.05) is 23.3 Å². The molecule has 26 heavy (non-hydrogen) atoms. The Morgan fingerprint density at radius 2 is 1.73 bits per heavy atom. The summed E-state index contributed by atoms with van der Waals surface area (Å²) in [5.74, 6) is 1.44. The van der Waals surface area contributed by atoms with E-state index in [1.807, 2.05) is 13.8 Å². The van der Waals surface area contributed by atoms with Crippen molar-refractivity contribution < 1.29 is 9.84 Å². The third kappa shape index (κ3) is 4.72. The molecule has 2 nitrogen and oxygen atoms in total. The molecule has 0 bridgehead atoms. The van der Waals surface area contributed by atoms with Crippen LogP contribution < -0.4 is 4.74 Å². The molecule has 144 valence electrons. The molecule has 0 saturated heterocycles. The minimum Gasteiger partial charge on any atom is -0.507 e. The lowest BCUT2D eigenvalue weighted by molar-refractivity contribution is 0.0558. The first-order valence-corrected chi connectivity index (χ1v) is 9.94. The highest BCUT2D eigenvalue weighted by Crippen LogP contribution is 2.44. The zero-order valence-electron chi connectivity index (χ0n) is 17.8. The summed E-state index contributed by atoms with van der Waals surface area (Å²) >= 11 is 0. The summed E-state index contributed by atoms with van der Waals surface area (Å²) in [5, 5.41) is 10.3. The molecule has 0 amide bonds. The molecule has 2 rings (SSSR count). The second-order valence-electron chi connectivity index (χ2n) is 8.49. The fourth-order valence-corrected chi connectivity index (χ4v) is 3.79. The molecular weight excluding hydrogens is 320 g/mol. The smallest absolute Gasteiger partial charge is 0.127 e. The van der Waals surface area contributed by atoms with Crippen LogP contribution in [-0.4, -0.2) is 10.7 Å². The van der Waals surface area contributed by atoms with Gasteiger partial charge in [-0.2, -0.15) is 0 Å². The second-order valence-corrected chi connectivity index (χ2v) is 8.49. The zero-order valence-corrected chi connectivity index (χ0v) is 17.8. The largest absolute Gasteiger partial charge is 0.507 e. The van der Waals surface area contributed by atoms with Gasteiger partial charge in [0.1, 0.15) is 17.1 Å².